The van der Waals surface area contributed by atoms with Crippen LogP contribution in [-0.4, -0.2) is 35.1 Å². The van der Waals surface area contributed by atoms with E-state index in [1.54, 1.807) is 0 Å². The quantitative estimate of drug-likeness (QED) is 0.808. The van der Waals surface area contributed by atoms with Crippen molar-refractivity contribution in [2.24, 2.45) is 0 Å². The standard InChI is InChI=1S/C14H16F3NO4/c1-14(2,22-9-5-3-8(15)4-6-9)13(21)18-10(12(19)20)7-11(16)17/h3-6,10-11H,7H2,1-2H3,(H,18,21)(H,19,20). The number of amides is 1. The number of rotatable bonds is 7. The predicted octanol–water partition coefficient (Wildman–Crippen LogP) is 2.21. The van der Waals surface area contributed by atoms with Gasteiger partial charge in [0, 0.05) is 6.42 Å². The fraction of sp³-hybridized carbons (Fsp3) is 0.429. The first kappa shape index (κ1) is 17.8. The van der Waals surface area contributed by atoms with Gasteiger partial charge in [0.25, 0.3) is 5.91 Å². The van der Waals surface area contributed by atoms with Gasteiger partial charge in [-0.1, -0.05) is 0 Å². The van der Waals surface area contributed by atoms with Crippen molar-refractivity contribution in [1.29, 1.82) is 0 Å². The van der Waals surface area contributed by atoms with Crippen molar-refractivity contribution in [2.75, 3.05) is 0 Å². The SMILES string of the molecule is CC(C)(Oc1ccc(F)cc1)C(=O)NC(CC(F)F)C(=O)O. The highest BCUT2D eigenvalue weighted by Gasteiger charge is 2.34. The van der Waals surface area contributed by atoms with Gasteiger partial charge >= 0.3 is 5.97 Å². The van der Waals surface area contributed by atoms with Crippen LogP contribution in [0.5, 0.6) is 5.75 Å². The van der Waals surface area contributed by atoms with Crippen molar-refractivity contribution in [3.05, 3.63) is 30.1 Å². The van der Waals surface area contributed by atoms with Gasteiger partial charge in [-0.15, -0.1) is 0 Å². The summed E-state index contributed by atoms with van der Waals surface area (Å²) in [6.45, 7) is 2.68. The summed E-state index contributed by atoms with van der Waals surface area (Å²) < 4.78 is 42.7. The van der Waals surface area contributed by atoms with E-state index in [1.165, 1.54) is 26.0 Å². The molecule has 0 spiro atoms. The Labute approximate surface area is 125 Å². The van der Waals surface area contributed by atoms with Crippen LogP contribution in [0.1, 0.15) is 20.3 Å². The molecule has 0 saturated heterocycles. The van der Waals surface area contributed by atoms with Crippen LogP contribution in [0.2, 0.25) is 0 Å². The number of carbonyl (C=O) groups is 2. The number of ether oxygens (including phenoxy) is 1. The van der Waals surface area contributed by atoms with E-state index in [-0.39, 0.29) is 5.75 Å². The number of carbonyl (C=O) groups excluding carboxylic acids is 1. The Kier molecular flexibility index (Phi) is 5.78. The minimum Gasteiger partial charge on any atom is -0.480 e. The fourth-order valence-corrected chi connectivity index (χ4v) is 1.58. The molecule has 8 heteroatoms. The van der Waals surface area contributed by atoms with E-state index in [2.05, 4.69) is 0 Å². The molecular formula is C14H16F3NO4. The molecule has 1 rings (SSSR count). The highest BCUT2D eigenvalue weighted by molar-refractivity contribution is 5.89. The first-order chi connectivity index (χ1) is 10.1. The summed E-state index contributed by atoms with van der Waals surface area (Å²) in [4.78, 5) is 22.9. The van der Waals surface area contributed by atoms with E-state index in [4.69, 9.17) is 9.84 Å². The molecular weight excluding hydrogens is 303 g/mol. The van der Waals surface area contributed by atoms with Crippen molar-refractivity contribution >= 4 is 11.9 Å². The summed E-state index contributed by atoms with van der Waals surface area (Å²) in [5.74, 6) is -2.74. The Balaban J connectivity index is 2.76. The van der Waals surface area contributed by atoms with Crippen molar-refractivity contribution < 1.29 is 32.6 Å². The largest absolute Gasteiger partial charge is 0.480 e. The van der Waals surface area contributed by atoms with Gasteiger partial charge < -0.3 is 15.2 Å². The summed E-state index contributed by atoms with van der Waals surface area (Å²) >= 11 is 0. The van der Waals surface area contributed by atoms with Crippen LogP contribution in [0.4, 0.5) is 13.2 Å². The number of carboxylic acid groups (broad SMARTS) is 1. The number of alkyl halides is 2. The van der Waals surface area contributed by atoms with Crippen LogP contribution in [0.25, 0.3) is 0 Å². The third kappa shape index (κ3) is 5.27. The second-order valence-corrected chi connectivity index (χ2v) is 5.06. The van der Waals surface area contributed by atoms with Crippen molar-refractivity contribution in [3.63, 3.8) is 0 Å². The lowest BCUT2D eigenvalue weighted by Crippen LogP contribution is -2.52. The number of aliphatic carboxylic acids is 1. The minimum absolute atomic E-state index is 0.183. The molecule has 1 unspecified atom stereocenters. The van der Waals surface area contributed by atoms with E-state index in [0.29, 0.717) is 0 Å². The van der Waals surface area contributed by atoms with E-state index in [0.717, 1.165) is 12.1 Å². The average Bonchev–Trinajstić information content (AvgIpc) is 2.39. The molecule has 0 aliphatic heterocycles. The van der Waals surface area contributed by atoms with Gasteiger partial charge in [0.15, 0.2) is 5.60 Å². The van der Waals surface area contributed by atoms with E-state index >= 15 is 0 Å². The van der Waals surface area contributed by atoms with E-state index in [9.17, 15) is 22.8 Å². The average molecular weight is 319 g/mol. The molecule has 0 radical (unpaired) electrons. The van der Waals surface area contributed by atoms with Crippen LogP contribution in [0.3, 0.4) is 0 Å². The van der Waals surface area contributed by atoms with Gasteiger partial charge in [0.1, 0.15) is 17.6 Å². The molecule has 1 aromatic carbocycles. The predicted molar refractivity (Wildman–Crippen MR) is 71.3 cm³/mol. The number of hydrogen-bond donors (Lipinski definition) is 2. The summed E-state index contributed by atoms with van der Waals surface area (Å²) in [5, 5.41) is 10.8. The maximum Gasteiger partial charge on any atom is 0.326 e. The van der Waals surface area contributed by atoms with E-state index < -0.39 is 42.2 Å². The van der Waals surface area contributed by atoms with Gasteiger partial charge in [-0.25, -0.2) is 18.0 Å². The highest BCUT2D eigenvalue weighted by atomic mass is 19.3. The van der Waals surface area contributed by atoms with Crippen molar-refractivity contribution in [2.45, 2.75) is 38.3 Å². The Bertz CT molecular complexity index is 531. The summed E-state index contributed by atoms with van der Waals surface area (Å²) in [6.07, 6.45) is -3.88. The Hall–Kier alpha value is -2.25. The summed E-state index contributed by atoms with van der Waals surface area (Å²) in [7, 11) is 0. The molecule has 5 nitrogen and oxygen atoms in total. The number of nitrogens with one attached hydrogen (secondary N) is 1. The Morgan fingerprint density at radius 1 is 1.27 bits per heavy atom. The molecule has 1 aromatic rings. The van der Waals surface area contributed by atoms with Gasteiger partial charge in [0.05, 0.1) is 0 Å². The number of halogens is 3. The zero-order chi connectivity index (χ0) is 16.9. The van der Waals surface area contributed by atoms with Crippen molar-refractivity contribution in [1.82, 2.24) is 5.32 Å². The van der Waals surface area contributed by atoms with E-state index in [1.807, 2.05) is 5.32 Å². The molecule has 0 saturated carbocycles. The number of benzene rings is 1. The zero-order valence-corrected chi connectivity index (χ0v) is 12.0. The summed E-state index contributed by atoms with van der Waals surface area (Å²) in [6, 6.07) is 3.11. The van der Waals surface area contributed by atoms with Crippen LogP contribution in [0.15, 0.2) is 24.3 Å². The van der Waals surface area contributed by atoms with Crippen molar-refractivity contribution in [3.8, 4) is 5.75 Å². The minimum atomic E-state index is -2.87. The molecule has 22 heavy (non-hydrogen) atoms. The van der Waals surface area contributed by atoms with Crippen LogP contribution in [0, 0.1) is 5.82 Å². The van der Waals surface area contributed by atoms with Gasteiger partial charge in [-0.3, -0.25) is 4.79 Å². The third-order valence-corrected chi connectivity index (χ3v) is 2.75. The molecule has 1 amide bonds. The number of hydrogen-bond acceptors (Lipinski definition) is 3. The Morgan fingerprint density at radius 3 is 2.27 bits per heavy atom. The van der Waals surface area contributed by atoms with Gasteiger partial charge in [-0.2, -0.15) is 0 Å². The van der Waals surface area contributed by atoms with Gasteiger partial charge in [0.2, 0.25) is 6.43 Å². The Morgan fingerprint density at radius 2 is 1.82 bits per heavy atom. The lowest BCUT2D eigenvalue weighted by molar-refractivity contribution is -0.146. The molecule has 0 fully saturated rings. The molecule has 0 aliphatic carbocycles. The third-order valence-electron chi connectivity index (χ3n) is 2.75. The first-order valence-corrected chi connectivity index (χ1v) is 6.38. The number of carboxylic acids is 1. The summed E-state index contributed by atoms with van der Waals surface area (Å²) in [5.41, 5.74) is -1.52. The maximum atomic E-state index is 12.8. The van der Waals surface area contributed by atoms with Crippen LogP contribution < -0.4 is 10.1 Å². The monoisotopic (exact) mass is 319 g/mol. The van der Waals surface area contributed by atoms with Crippen LogP contribution in [-0.2, 0) is 9.59 Å². The first-order valence-electron chi connectivity index (χ1n) is 6.38. The molecule has 0 aromatic heterocycles. The maximum absolute atomic E-state index is 12.8. The second-order valence-electron chi connectivity index (χ2n) is 5.06. The normalized spacial score (nSPS) is 12.8. The molecule has 2 N–H and O–H groups in total. The lowest BCUT2D eigenvalue weighted by Gasteiger charge is -2.27. The lowest BCUT2D eigenvalue weighted by atomic mass is 10.1. The molecule has 0 heterocycles. The molecule has 122 valence electrons. The van der Waals surface area contributed by atoms with Crippen LogP contribution >= 0.6 is 0 Å². The second kappa shape index (κ2) is 7.15. The van der Waals surface area contributed by atoms with Gasteiger partial charge in [-0.05, 0) is 38.1 Å². The zero-order valence-electron chi connectivity index (χ0n) is 12.0. The smallest absolute Gasteiger partial charge is 0.326 e. The highest BCUT2D eigenvalue weighted by Crippen LogP contribution is 2.19. The molecule has 1 atom stereocenters. The topological polar surface area (TPSA) is 75.6 Å². The molecule has 0 bridgehead atoms. The fourth-order valence-electron chi connectivity index (χ4n) is 1.58. The molecule has 0 aliphatic rings.